The maximum atomic E-state index is 15.8. The maximum absolute atomic E-state index is 15.8. The number of nitrogens with zero attached hydrogens (tertiary/aromatic N) is 4. The molecular weight excluding hydrogens is 790 g/mol. The minimum Gasteiger partial charge on any atom is -0.508 e. The predicted octanol–water partition coefficient (Wildman–Crippen LogP) is 6.45. The zero-order chi connectivity index (χ0) is 43.1. The van der Waals surface area contributed by atoms with E-state index in [0.717, 1.165) is 109 Å². The van der Waals surface area contributed by atoms with E-state index in [0.29, 0.717) is 24.8 Å². The van der Waals surface area contributed by atoms with Crippen molar-refractivity contribution in [2.24, 2.45) is 5.92 Å². The zero-order valence-electron chi connectivity index (χ0n) is 34.9. The van der Waals surface area contributed by atoms with E-state index in [4.69, 9.17) is 4.74 Å². The number of fused-ring (bicyclic) bond motifs is 4. The van der Waals surface area contributed by atoms with Gasteiger partial charge in [0.05, 0.1) is 16.8 Å². The van der Waals surface area contributed by atoms with Gasteiger partial charge in [0.25, 0.3) is 11.8 Å². The van der Waals surface area contributed by atoms with Gasteiger partial charge in [0.2, 0.25) is 11.8 Å². The lowest BCUT2D eigenvalue weighted by Gasteiger charge is -2.53. The number of ether oxygens (including phenoxy) is 1. The number of imide groups is 2. The van der Waals surface area contributed by atoms with Crippen LogP contribution in [0.5, 0.6) is 17.2 Å². The molecule has 10 rings (SSSR count). The molecule has 322 valence electrons. The van der Waals surface area contributed by atoms with Gasteiger partial charge in [-0.2, -0.15) is 0 Å². The number of carbonyl (C=O) groups is 4. The monoisotopic (exact) mass is 841 g/mol. The van der Waals surface area contributed by atoms with Gasteiger partial charge in [-0.1, -0.05) is 43.3 Å². The number of carbonyl (C=O) groups excluding carboxylic acids is 4. The van der Waals surface area contributed by atoms with Crippen LogP contribution in [0.4, 0.5) is 10.1 Å². The molecule has 5 fully saturated rings. The molecule has 6 aliphatic rings. The molecule has 4 amide bonds. The molecule has 6 heterocycles. The van der Waals surface area contributed by atoms with Gasteiger partial charge in [-0.25, -0.2) is 4.39 Å². The van der Waals surface area contributed by atoms with Crippen LogP contribution in [0.15, 0.2) is 84.9 Å². The van der Waals surface area contributed by atoms with Crippen LogP contribution in [0.25, 0.3) is 11.1 Å². The first-order valence-electron chi connectivity index (χ1n) is 21.9. The first-order valence-corrected chi connectivity index (χ1v) is 21.9. The van der Waals surface area contributed by atoms with Crippen LogP contribution in [0, 0.1) is 11.7 Å². The summed E-state index contributed by atoms with van der Waals surface area (Å²) in [6.45, 7) is 7.99. The number of piperazine rings is 1. The molecule has 0 radical (unpaired) electrons. The van der Waals surface area contributed by atoms with Crippen LogP contribution in [0.2, 0.25) is 0 Å². The van der Waals surface area contributed by atoms with Gasteiger partial charge >= 0.3 is 0 Å². The van der Waals surface area contributed by atoms with E-state index in [9.17, 15) is 29.4 Å². The molecule has 3 N–H and O–H groups in total. The fourth-order valence-corrected chi connectivity index (χ4v) is 10.2. The Morgan fingerprint density at radius 3 is 1.98 bits per heavy atom. The summed E-state index contributed by atoms with van der Waals surface area (Å²) in [6, 6.07) is 24.6. The number of phenols is 2. The van der Waals surface area contributed by atoms with E-state index in [1.165, 1.54) is 6.07 Å². The minimum absolute atomic E-state index is 0.0250. The highest BCUT2D eigenvalue weighted by atomic mass is 19.1. The van der Waals surface area contributed by atoms with Crippen LogP contribution in [-0.4, -0.2) is 113 Å². The summed E-state index contributed by atoms with van der Waals surface area (Å²) in [6.07, 6.45) is 4.99. The van der Waals surface area contributed by atoms with Crippen molar-refractivity contribution in [3.8, 4) is 17.2 Å². The number of nitrogens with one attached hydrogen (secondary N) is 1. The average Bonchev–Trinajstić information content (AvgIpc) is 3.51. The van der Waals surface area contributed by atoms with Crippen LogP contribution in [0.3, 0.4) is 0 Å². The van der Waals surface area contributed by atoms with E-state index in [1.54, 1.807) is 24.3 Å². The van der Waals surface area contributed by atoms with Gasteiger partial charge in [-0.15, -0.1) is 0 Å². The van der Waals surface area contributed by atoms with Crippen molar-refractivity contribution in [3.05, 3.63) is 119 Å². The number of rotatable bonds is 12. The molecular formula is C49H52FN5O7. The summed E-state index contributed by atoms with van der Waals surface area (Å²) in [7, 11) is 0. The van der Waals surface area contributed by atoms with Gasteiger partial charge in [-0.3, -0.25) is 39.2 Å². The fourth-order valence-electron chi connectivity index (χ4n) is 10.2. The van der Waals surface area contributed by atoms with Crippen molar-refractivity contribution in [2.75, 3.05) is 50.8 Å². The Morgan fingerprint density at radius 2 is 1.37 bits per heavy atom. The van der Waals surface area contributed by atoms with Crippen molar-refractivity contribution < 1.29 is 38.5 Å². The van der Waals surface area contributed by atoms with E-state index in [2.05, 4.69) is 39.1 Å². The summed E-state index contributed by atoms with van der Waals surface area (Å²) < 4.78 is 22.0. The number of hydrogen-bond acceptors (Lipinski definition) is 10. The molecule has 6 aliphatic heterocycles. The fraction of sp³-hybridized carbons (Fsp3) is 0.388. The van der Waals surface area contributed by atoms with Crippen LogP contribution in [-0.2, 0) is 9.59 Å². The molecule has 4 aromatic rings. The Morgan fingerprint density at radius 1 is 0.758 bits per heavy atom. The smallest absolute Gasteiger partial charge is 0.262 e. The summed E-state index contributed by atoms with van der Waals surface area (Å²) in [5, 5.41) is 22.1. The number of allylic oxidation sites excluding steroid dienone is 1. The normalized spacial score (nSPS) is 22.5. The molecule has 0 aliphatic carbocycles. The molecule has 0 saturated carbocycles. The van der Waals surface area contributed by atoms with Gasteiger partial charge in [0, 0.05) is 44.7 Å². The summed E-state index contributed by atoms with van der Waals surface area (Å²) >= 11 is 0. The number of hydrogen-bond donors (Lipinski definition) is 3. The minimum atomic E-state index is -1.09. The molecule has 12 nitrogen and oxygen atoms in total. The topological polar surface area (TPSA) is 143 Å². The van der Waals surface area contributed by atoms with E-state index in [-0.39, 0.29) is 47.6 Å². The molecule has 4 aromatic carbocycles. The van der Waals surface area contributed by atoms with Crippen molar-refractivity contribution >= 4 is 40.5 Å². The largest absolute Gasteiger partial charge is 0.508 e. The molecule has 0 aromatic heterocycles. The molecule has 5 saturated heterocycles. The van der Waals surface area contributed by atoms with E-state index in [1.807, 2.05) is 36.4 Å². The van der Waals surface area contributed by atoms with Gasteiger partial charge in [0.1, 0.15) is 35.7 Å². The predicted molar refractivity (Wildman–Crippen MR) is 232 cm³/mol. The lowest BCUT2D eigenvalue weighted by Crippen LogP contribution is -2.63. The van der Waals surface area contributed by atoms with Crippen LogP contribution < -0.4 is 15.0 Å². The Kier molecular flexibility index (Phi) is 11.6. The van der Waals surface area contributed by atoms with Gasteiger partial charge < -0.3 is 19.8 Å². The number of likely N-dealkylation sites (tertiary alicyclic amines) is 1. The summed E-state index contributed by atoms with van der Waals surface area (Å²) in [4.78, 5) is 58.9. The van der Waals surface area contributed by atoms with Crippen LogP contribution in [0.1, 0.15) is 89.3 Å². The van der Waals surface area contributed by atoms with Crippen molar-refractivity contribution in [2.45, 2.75) is 70.0 Å². The highest BCUT2D eigenvalue weighted by Gasteiger charge is 2.47. The second kappa shape index (κ2) is 17.4. The first kappa shape index (κ1) is 41.3. The maximum Gasteiger partial charge on any atom is 0.262 e. The molecule has 3 atom stereocenters. The SMILES string of the molecule is CCC(=C(c1ccc(O)cc1)c1ccc(OCCN2CCC(CN3CC4CCC3CN4c3cc4c(cc3F)C(=O)N(C3CCC(=O)NC3=O)C4=O)CC2)cc1)c1ccc(O)cc1. The third-order valence-corrected chi connectivity index (χ3v) is 13.5. The third kappa shape index (κ3) is 8.18. The highest BCUT2D eigenvalue weighted by Crippen LogP contribution is 2.39. The van der Waals surface area contributed by atoms with Crippen molar-refractivity contribution in [3.63, 3.8) is 0 Å². The molecule has 2 bridgehead atoms. The average molecular weight is 842 g/mol. The first-order chi connectivity index (χ1) is 30.0. The zero-order valence-corrected chi connectivity index (χ0v) is 34.9. The number of aromatic hydroxyl groups is 2. The number of amides is 4. The van der Waals surface area contributed by atoms with E-state index >= 15 is 4.39 Å². The van der Waals surface area contributed by atoms with Gasteiger partial charge in [-0.05, 0) is 134 Å². The Hall–Kier alpha value is -6.05. The standard InChI is InChI=1S/C49H52FN5O7/c1-2-39(31-3-11-36(56)12-4-31)46(32-5-13-37(57)14-6-32)33-7-15-38(16-8-33)62-24-23-52-21-19-30(20-22-52)27-53-28-35-10-9-34(53)29-54(35)44-26-41-40(25-42(44)50)48(60)55(49(41)61)43-17-18-45(58)51-47(43)59/h3-8,11-16,25-26,30,34-35,43,56-57H,2,9-10,17-24,27-29H2,1H3,(H,51,58,59). The van der Waals surface area contributed by atoms with Crippen molar-refractivity contribution in [1.29, 1.82) is 0 Å². The Bertz CT molecular complexity index is 2390. The summed E-state index contributed by atoms with van der Waals surface area (Å²) in [5.41, 5.74) is 5.63. The molecule has 3 unspecified atom stereocenters. The van der Waals surface area contributed by atoms with Gasteiger partial charge in [0.15, 0.2) is 0 Å². The quantitative estimate of drug-likeness (QED) is 0.108. The third-order valence-electron chi connectivity index (χ3n) is 13.5. The van der Waals surface area contributed by atoms with Crippen LogP contribution >= 0.6 is 0 Å². The van der Waals surface area contributed by atoms with Crippen molar-refractivity contribution in [1.82, 2.24) is 20.0 Å². The second-order valence-electron chi connectivity index (χ2n) is 17.2. The number of anilines is 1. The van der Waals surface area contributed by atoms with E-state index < -0.39 is 35.5 Å². The second-order valence-corrected chi connectivity index (χ2v) is 17.2. The lowest BCUT2D eigenvalue weighted by molar-refractivity contribution is -0.136. The molecule has 0 spiro atoms. The number of phenolic OH excluding ortho intramolecular Hbond substituents is 2. The number of piperidine rings is 4. The number of halogens is 1. The number of benzene rings is 4. The molecule has 13 heteroatoms. The Balaban J connectivity index is 0.767. The lowest BCUT2D eigenvalue weighted by atomic mass is 9.87. The molecule has 62 heavy (non-hydrogen) atoms. The highest BCUT2D eigenvalue weighted by molar-refractivity contribution is 6.23. The Labute approximate surface area is 360 Å². The summed E-state index contributed by atoms with van der Waals surface area (Å²) in [5.74, 6) is -1.20.